The second-order valence-electron chi connectivity index (χ2n) is 11.4. The van der Waals surface area contributed by atoms with E-state index in [-0.39, 0.29) is 24.0 Å². The zero-order valence-corrected chi connectivity index (χ0v) is 23.7. The number of urea groups is 1. The summed E-state index contributed by atoms with van der Waals surface area (Å²) in [5.41, 5.74) is 4.22. The number of rotatable bonds is 6. The lowest BCUT2D eigenvalue weighted by molar-refractivity contribution is 0.0904. The van der Waals surface area contributed by atoms with Crippen LogP contribution in [-0.4, -0.2) is 57.4 Å². The number of thioether (sulfide) groups is 1. The van der Waals surface area contributed by atoms with Gasteiger partial charge in [-0.05, 0) is 29.7 Å². The van der Waals surface area contributed by atoms with Gasteiger partial charge in [0.25, 0.3) is 0 Å². The van der Waals surface area contributed by atoms with Gasteiger partial charge in [0, 0.05) is 45.3 Å². The number of aromatic amines is 1. The minimum absolute atomic E-state index is 0.0517. The number of fused-ring (bicyclic) bond motifs is 8. The number of unbranched alkanes of at least 4 members (excludes halogenated alkanes) is 1. The van der Waals surface area contributed by atoms with Crippen LogP contribution in [0.1, 0.15) is 30.5 Å². The molecule has 3 atom stereocenters. The first-order valence-corrected chi connectivity index (χ1v) is 15.5. The zero-order valence-electron chi connectivity index (χ0n) is 22.9. The molecule has 0 saturated carbocycles. The molecule has 0 bridgehead atoms. The number of imidazole rings is 1. The fourth-order valence-electron chi connectivity index (χ4n) is 6.78. The average molecular weight is 569 g/mol. The largest absolute Gasteiger partial charge is 0.337 e. The predicted octanol–water partition coefficient (Wildman–Crippen LogP) is 5.65. The summed E-state index contributed by atoms with van der Waals surface area (Å²) < 4.78 is 1.76. The third-order valence-corrected chi connectivity index (χ3v) is 10.3. The SMILES string of the molecule is [B]c1ccc2c(c1)c(-c1nc3c4ccccc4c4ccccc4c3[nH]1)cn2C(=O)CCCCC1SCC2NC(=O)NC21. The molecule has 206 valence electrons. The van der Waals surface area contributed by atoms with E-state index in [0.29, 0.717) is 23.0 Å². The molecule has 9 heteroatoms. The normalized spacial score (nSPS) is 20.0. The van der Waals surface area contributed by atoms with E-state index in [1.54, 1.807) is 4.57 Å². The minimum atomic E-state index is -0.0627. The monoisotopic (exact) mass is 569 g/mol. The van der Waals surface area contributed by atoms with Crippen LogP contribution in [0, 0.1) is 0 Å². The van der Waals surface area contributed by atoms with Crippen LogP contribution in [0.3, 0.4) is 0 Å². The van der Waals surface area contributed by atoms with Crippen molar-refractivity contribution in [3.63, 3.8) is 0 Å². The van der Waals surface area contributed by atoms with Gasteiger partial charge in [0.1, 0.15) is 13.7 Å². The van der Waals surface area contributed by atoms with Gasteiger partial charge in [-0.3, -0.25) is 9.36 Å². The Kier molecular flexibility index (Phi) is 6.03. The smallest absolute Gasteiger partial charge is 0.315 e. The van der Waals surface area contributed by atoms with E-state index >= 15 is 0 Å². The van der Waals surface area contributed by atoms with Crippen LogP contribution in [0.5, 0.6) is 0 Å². The summed E-state index contributed by atoms with van der Waals surface area (Å²) in [5, 5.41) is 11.9. The van der Waals surface area contributed by atoms with Crippen LogP contribution in [0.15, 0.2) is 72.9 Å². The van der Waals surface area contributed by atoms with Crippen molar-refractivity contribution in [1.82, 2.24) is 25.2 Å². The molecule has 2 aromatic heterocycles. The quantitative estimate of drug-likeness (QED) is 0.105. The molecule has 6 aromatic rings. The first kappa shape index (κ1) is 25.5. The number of benzene rings is 4. The van der Waals surface area contributed by atoms with E-state index in [4.69, 9.17) is 12.8 Å². The van der Waals surface area contributed by atoms with Crippen molar-refractivity contribution in [2.24, 2.45) is 0 Å². The van der Waals surface area contributed by atoms with Gasteiger partial charge in [0.2, 0.25) is 5.91 Å². The number of carbonyl (C=O) groups is 2. The van der Waals surface area contributed by atoms with Gasteiger partial charge >= 0.3 is 6.03 Å². The number of nitrogens with one attached hydrogen (secondary N) is 3. The lowest BCUT2D eigenvalue weighted by Gasteiger charge is -2.16. The Balaban J connectivity index is 1.11. The summed E-state index contributed by atoms with van der Waals surface area (Å²) >= 11 is 1.91. The van der Waals surface area contributed by atoms with E-state index < -0.39 is 0 Å². The maximum absolute atomic E-state index is 13.6. The van der Waals surface area contributed by atoms with E-state index in [9.17, 15) is 9.59 Å². The highest BCUT2D eigenvalue weighted by molar-refractivity contribution is 8.00. The molecule has 2 aliphatic heterocycles. The fourth-order valence-corrected chi connectivity index (χ4v) is 8.32. The third kappa shape index (κ3) is 4.09. The topological polar surface area (TPSA) is 91.8 Å². The van der Waals surface area contributed by atoms with Crippen molar-refractivity contribution in [2.45, 2.75) is 43.0 Å². The van der Waals surface area contributed by atoms with E-state index in [2.05, 4.69) is 52.0 Å². The van der Waals surface area contributed by atoms with Crippen molar-refractivity contribution in [3.8, 4) is 11.4 Å². The molecule has 8 rings (SSSR count). The second kappa shape index (κ2) is 9.95. The van der Waals surface area contributed by atoms with Gasteiger partial charge < -0.3 is 15.6 Å². The molecule has 42 heavy (non-hydrogen) atoms. The Labute approximate surface area is 247 Å². The van der Waals surface area contributed by atoms with Gasteiger partial charge in [0.15, 0.2) is 0 Å². The van der Waals surface area contributed by atoms with Gasteiger partial charge in [-0.2, -0.15) is 11.8 Å². The van der Waals surface area contributed by atoms with Crippen molar-refractivity contribution < 1.29 is 9.59 Å². The molecule has 0 aliphatic carbocycles. The van der Waals surface area contributed by atoms with Crippen LogP contribution in [0.4, 0.5) is 4.79 Å². The molecular weight excluding hydrogens is 541 g/mol. The molecule has 3 unspecified atom stereocenters. The van der Waals surface area contributed by atoms with Crippen molar-refractivity contribution in [2.75, 3.05) is 5.75 Å². The van der Waals surface area contributed by atoms with Gasteiger partial charge in [-0.1, -0.05) is 72.5 Å². The molecule has 2 aliphatic rings. The molecule has 7 nitrogen and oxygen atoms in total. The van der Waals surface area contributed by atoms with E-state index in [1.165, 1.54) is 10.8 Å². The number of aromatic nitrogens is 3. The van der Waals surface area contributed by atoms with Crippen LogP contribution in [0.2, 0.25) is 0 Å². The molecule has 2 amide bonds. The summed E-state index contributed by atoms with van der Waals surface area (Å²) in [6, 6.07) is 22.8. The highest BCUT2D eigenvalue weighted by Crippen LogP contribution is 2.37. The van der Waals surface area contributed by atoms with E-state index in [1.807, 2.05) is 48.3 Å². The zero-order chi connectivity index (χ0) is 28.4. The lowest BCUT2D eigenvalue weighted by atomic mass is 9.94. The Morgan fingerprint density at radius 2 is 1.71 bits per heavy atom. The Hall–Kier alpha value is -4.24. The van der Waals surface area contributed by atoms with Crippen LogP contribution >= 0.6 is 11.8 Å². The van der Waals surface area contributed by atoms with Gasteiger partial charge in [-0.15, -0.1) is 0 Å². The predicted molar refractivity (Wildman–Crippen MR) is 172 cm³/mol. The number of nitrogens with zero attached hydrogens (tertiary/aromatic N) is 2. The molecule has 2 fully saturated rings. The highest BCUT2D eigenvalue weighted by atomic mass is 32.2. The van der Waals surface area contributed by atoms with Crippen LogP contribution in [0.25, 0.3) is 54.9 Å². The molecule has 4 aromatic carbocycles. The van der Waals surface area contributed by atoms with Crippen molar-refractivity contribution in [3.05, 3.63) is 72.9 Å². The van der Waals surface area contributed by atoms with Crippen LogP contribution in [-0.2, 0) is 0 Å². The second-order valence-corrected chi connectivity index (χ2v) is 12.6. The number of carbonyl (C=O) groups excluding carboxylic acids is 2. The number of H-pyrrole nitrogens is 1. The summed E-state index contributed by atoms with van der Waals surface area (Å²) in [6.45, 7) is 0. The molecule has 0 spiro atoms. The summed E-state index contributed by atoms with van der Waals surface area (Å²) in [5.74, 6) is 1.71. The van der Waals surface area contributed by atoms with Crippen LogP contribution < -0.4 is 16.1 Å². The Bertz CT molecular complexity index is 1980. The fraction of sp³-hybridized carbons (Fsp3) is 0.242. The first-order chi connectivity index (χ1) is 20.5. The van der Waals surface area contributed by atoms with Crippen molar-refractivity contribution in [1.29, 1.82) is 0 Å². The minimum Gasteiger partial charge on any atom is -0.337 e. The summed E-state index contributed by atoms with van der Waals surface area (Å²) in [4.78, 5) is 34.0. The number of hydrogen-bond donors (Lipinski definition) is 3. The maximum atomic E-state index is 13.6. The molecule has 2 saturated heterocycles. The average Bonchev–Trinajstić information content (AvgIpc) is 3.77. The lowest BCUT2D eigenvalue weighted by Crippen LogP contribution is -2.36. The molecule has 2 radical (unpaired) electrons. The molecular formula is C33H28BN5O2S. The Morgan fingerprint density at radius 3 is 2.55 bits per heavy atom. The van der Waals surface area contributed by atoms with E-state index in [0.717, 1.165) is 63.3 Å². The van der Waals surface area contributed by atoms with Gasteiger partial charge in [0.05, 0.1) is 28.6 Å². The molecule has 4 heterocycles. The number of hydrogen-bond acceptors (Lipinski definition) is 4. The van der Waals surface area contributed by atoms with Crippen molar-refractivity contribution >= 4 is 80.5 Å². The Morgan fingerprint density at radius 1 is 0.952 bits per heavy atom. The first-order valence-electron chi connectivity index (χ1n) is 14.5. The third-order valence-electron chi connectivity index (χ3n) is 8.79. The highest BCUT2D eigenvalue weighted by Gasteiger charge is 2.42. The maximum Gasteiger partial charge on any atom is 0.315 e. The van der Waals surface area contributed by atoms with Gasteiger partial charge in [-0.25, -0.2) is 9.78 Å². The molecule has 3 N–H and O–H groups in total. The summed E-state index contributed by atoms with van der Waals surface area (Å²) in [6.07, 6.45) is 5.06. The number of amides is 2. The summed E-state index contributed by atoms with van der Waals surface area (Å²) in [7, 11) is 6.23. The standard InChI is InChI=1S/C33H28BN5O2S/c34-18-13-14-26-23(15-18)24(16-39(26)28(40)12-6-5-11-27-31-25(17-42-27)35-33(41)38-31)32-36-29-21-9-3-1-7-19(21)20-8-2-4-10-22(20)30(29)37-32/h1-4,7-10,13-16,25,27,31H,5-6,11-12,17H2,(H,36,37)(H2,35,38,41).